The highest BCUT2D eigenvalue weighted by atomic mass is 35.5. The van der Waals surface area contributed by atoms with Crippen LogP contribution in [0.25, 0.3) is 0 Å². The van der Waals surface area contributed by atoms with Gasteiger partial charge in [-0.3, -0.25) is 9.59 Å². The molecule has 0 spiro atoms. The van der Waals surface area contributed by atoms with Crippen LogP contribution in [-0.2, 0) is 15.6 Å². The maximum Gasteiger partial charge on any atom is 0.253 e. The molecule has 8 nitrogen and oxygen atoms in total. The van der Waals surface area contributed by atoms with Crippen LogP contribution in [0.2, 0.25) is 5.02 Å². The highest BCUT2D eigenvalue weighted by Crippen LogP contribution is 2.43. The molecule has 1 aliphatic rings. The summed E-state index contributed by atoms with van der Waals surface area (Å²) in [4.78, 5) is 24.6. The number of nitrogens with zero attached hydrogens (tertiary/aromatic N) is 1. The smallest absolute Gasteiger partial charge is 0.253 e. The number of phenols is 1. The SMILES string of the molecule is CN(C)S(=O)(=O)c1c(Cl)ccc(Nc2c(NC3(c4ccccc4)CCCCC3)c(=O)c2=O)c1O. The number of nitrogens with one attached hydrogen (secondary N) is 2. The van der Waals surface area contributed by atoms with Crippen LogP contribution < -0.4 is 21.5 Å². The fourth-order valence-corrected chi connectivity index (χ4v) is 5.96. The Kier molecular flexibility index (Phi) is 6.46. The molecule has 3 N–H and O–H groups in total. The predicted molar refractivity (Wildman–Crippen MR) is 133 cm³/mol. The van der Waals surface area contributed by atoms with Crippen LogP contribution in [0.4, 0.5) is 17.1 Å². The fraction of sp³-hybridized carbons (Fsp3) is 0.333. The molecular formula is C24H26ClN3O5S. The van der Waals surface area contributed by atoms with Crippen molar-refractivity contribution in [2.75, 3.05) is 24.7 Å². The average Bonchev–Trinajstić information content (AvgIpc) is 2.83. The van der Waals surface area contributed by atoms with Gasteiger partial charge in [-0.1, -0.05) is 61.2 Å². The summed E-state index contributed by atoms with van der Waals surface area (Å²) in [7, 11) is -1.43. The fourth-order valence-electron chi connectivity index (χ4n) is 4.48. The first-order chi connectivity index (χ1) is 16.1. The first kappa shape index (κ1) is 24.3. The van der Waals surface area contributed by atoms with E-state index in [1.807, 2.05) is 30.3 Å². The molecule has 0 atom stereocenters. The third-order valence-corrected chi connectivity index (χ3v) is 8.71. The largest absolute Gasteiger partial charge is 0.504 e. The van der Waals surface area contributed by atoms with Crippen molar-refractivity contribution in [3.8, 4) is 5.75 Å². The number of hydrogen-bond donors (Lipinski definition) is 3. The van der Waals surface area contributed by atoms with Gasteiger partial charge in [-0.25, -0.2) is 12.7 Å². The van der Waals surface area contributed by atoms with Crippen molar-refractivity contribution in [3.63, 3.8) is 0 Å². The highest BCUT2D eigenvalue weighted by molar-refractivity contribution is 7.89. The van der Waals surface area contributed by atoms with Gasteiger partial charge in [0.15, 0.2) is 5.75 Å². The van der Waals surface area contributed by atoms with Gasteiger partial charge < -0.3 is 15.7 Å². The van der Waals surface area contributed by atoms with Gasteiger partial charge in [-0.05, 0) is 30.5 Å². The minimum absolute atomic E-state index is 0.0169. The molecule has 1 aliphatic carbocycles. The number of rotatable bonds is 7. The van der Waals surface area contributed by atoms with E-state index in [-0.39, 0.29) is 22.1 Å². The van der Waals surface area contributed by atoms with Gasteiger partial charge in [-0.2, -0.15) is 0 Å². The summed E-state index contributed by atoms with van der Waals surface area (Å²) in [5.41, 5.74) is -0.802. The minimum Gasteiger partial charge on any atom is -0.504 e. The van der Waals surface area contributed by atoms with Crippen molar-refractivity contribution in [2.24, 2.45) is 0 Å². The lowest BCUT2D eigenvalue weighted by Crippen LogP contribution is -2.44. The number of aromatic hydroxyl groups is 1. The molecule has 0 aliphatic heterocycles. The van der Waals surface area contributed by atoms with Gasteiger partial charge in [0.1, 0.15) is 16.3 Å². The topological polar surface area (TPSA) is 116 Å². The van der Waals surface area contributed by atoms with Crippen LogP contribution in [0.1, 0.15) is 37.7 Å². The molecule has 10 heteroatoms. The summed E-state index contributed by atoms with van der Waals surface area (Å²) in [6, 6.07) is 12.5. The Labute approximate surface area is 202 Å². The van der Waals surface area contributed by atoms with Crippen LogP contribution >= 0.6 is 11.6 Å². The van der Waals surface area contributed by atoms with Crippen LogP contribution in [0.15, 0.2) is 56.9 Å². The second-order valence-electron chi connectivity index (χ2n) is 8.73. The molecule has 3 aromatic rings. The van der Waals surface area contributed by atoms with Gasteiger partial charge in [0.05, 0.1) is 16.2 Å². The van der Waals surface area contributed by atoms with Crippen LogP contribution in [0.5, 0.6) is 5.75 Å². The van der Waals surface area contributed by atoms with Crippen LogP contribution in [0, 0.1) is 0 Å². The van der Waals surface area contributed by atoms with Crippen LogP contribution in [-0.4, -0.2) is 31.9 Å². The van der Waals surface area contributed by atoms with E-state index in [0.717, 1.165) is 42.0 Å². The van der Waals surface area contributed by atoms with Crippen molar-refractivity contribution < 1.29 is 13.5 Å². The number of sulfonamides is 1. The normalized spacial score (nSPS) is 16.0. The molecule has 0 radical (unpaired) electrons. The van der Waals surface area contributed by atoms with E-state index < -0.39 is 37.1 Å². The third kappa shape index (κ3) is 4.08. The Morgan fingerprint density at radius 1 is 0.941 bits per heavy atom. The quantitative estimate of drug-likeness (QED) is 0.330. The van der Waals surface area contributed by atoms with Gasteiger partial charge >= 0.3 is 0 Å². The summed E-state index contributed by atoms with van der Waals surface area (Å²) in [6.45, 7) is 0. The first-order valence-electron chi connectivity index (χ1n) is 11.0. The third-order valence-electron chi connectivity index (χ3n) is 6.39. The highest BCUT2D eigenvalue weighted by Gasteiger charge is 2.37. The van der Waals surface area contributed by atoms with E-state index >= 15 is 0 Å². The molecule has 0 bridgehead atoms. The molecule has 0 aromatic heterocycles. The molecular weight excluding hydrogens is 478 g/mol. The van der Waals surface area contributed by atoms with Gasteiger partial charge in [0, 0.05) is 14.1 Å². The Morgan fingerprint density at radius 3 is 2.18 bits per heavy atom. The summed E-state index contributed by atoms with van der Waals surface area (Å²) < 4.78 is 26.2. The Bertz CT molecular complexity index is 1390. The molecule has 180 valence electrons. The van der Waals surface area contributed by atoms with Gasteiger partial charge in [0.2, 0.25) is 10.0 Å². The van der Waals surface area contributed by atoms with Crippen LogP contribution in [0.3, 0.4) is 0 Å². The molecule has 0 heterocycles. The minimum atomic E-state index is -4.06. The zero-order valence-corrected chi connectivity index (χ0v) is 20.5. The molecule has 4 rings (SSSR count). The van der Waals surface area contributed by atoms with E-state index in [1.54, 1.807) is 0 Å². The number of benzene rings is 2. The van der Waals surface area contributed by atoms with Crippen molar-refractivity contribution >= 4 is 38.7 Å². The van der Waals surface area contributed by atoms with Gasteiger partial charge in [0.25, 0.3) is 10.9 Å². The summed E-state index contributed by atoms with van der Waals surface area (Å²) in [5.74, 6) is -0.629. The van der Waals surface area contributed by atoms with E-state index in [2.05, 4.69) is 10.6 Å². The number of phenolic OH excluding ortho intramolecular Hbond substituents is 1. The van der Waals surface area contributed by atoms with E-state index in [9.17, 15) is 23.1 Å². The Balaban J connectivity index is 1.73. The zero-order valence-electron chi connectivity index (χ0n) is 18.9. The standard InChI is InChI=1S/C24H26ClN3O5S/c1-28(2)34(32,33)23-16(25)11-12-17(20(23)29)26-18-19(22(31)21(18)30)27-24(13-7-4-8-14-24)15-9-5-3-6-10-15/h3,5-6,9-12,26-27,29H,4,7-8,13-14H2,1-2H3. The van der Waals surface area contributed by atoms with E-state index in [1.165, 1.54) is 26.2 Å². The van der Waals surface area contributed by atoms with Gasteiger partial charge in [-0.15, -0.1) is 0 Å². The van der Waals surface area contributed by atoms with Crippen molar-refractivity contribution in [3.05, 3.63) is 73.5 Å². The molecule has 3 aromatic carbocycles. The van der Waals surface area contributed by atoms with E-state index in [0.29, 0.717) is 0 Å². The Hall–Kier alpha value is -2.88. The lowest BCUT2D eigenvalue weighted by atomic mass is 9.76. The molecule has 34 heavy (non-hydrogen) atoms. The summed E-state index contributed by atoms with van der Waals surface area (Å²) in [6.07, 6.45) is 4.64. The molecule has 0 unspecified atom stereocenters. The van der Waals surface area contributed by atoms with Crippen molar-refractivity contribution in [2.45, 2.75) is 42.5 Å². The number of hydrogen-bond acceptors (Lipinski definition) is 7. The summed E-state index contributed by atoms with van der Waals surface area (Å²) >= 11 is 6.07. The maximum absolute atomic E-state index is 12.6. The monoisotopic (exact) mass is 503 g/mol. The van der Waals surface area contributed by atoms with Crippen molar-refractivity contribution in [1.29, 1.82) is 0 Å². The molecule has 0 amide bonds. The number of halogens is 1. The first-order valence-corrected chi connectivity index (χ1v) is 12.8. The molecule has 1 fully saturated rings. The Morgan fingerprint density at radius 2 is 1.56 bits per heavy atom. The second-order valence-corrected chi connectivity index (χ2v) is 11.2. The zero-order chi connectivity index (χ0) is 24.7. The lowest BCUT2D eigenvalue weighted by Gasteiger charge is -2.40. The maximum atomic E-state index is 12.6. The average molecular weight is 504 g/mol. The summed E-state index contributed by atoms with van der Waals surface area (Å²) in [5, 5.41) is 16.7. The second kappa shape index (κ2) is 9.05. The molecule has 0 saturated heterocycles. The molecule has 1 saturated carbocycles. The van der Waals surface area contributed by atoms with E-state index in [4.69, 9.17) is 11.6 Å². The van der Waals surface area contributed by atoms with Crippen molar-refractivity contribution in [1.82, 2.24) is 4.31 Å². The lowest BCUT2D eigenvalue weighted by molar-refractivity contribution is 0.330. The predicted octanol–water partition coefficient (Wildman–Crippen LogP) is 3.91. The number of anilines is 3.